The summed E-state index contributed by atoms with van der Waals surface area (Å²) in [5.74, 6) is 7.10. The first-order chi connectivity index (χ1) is 8.81. The molecule has 0 N–H and O–H groups in total. The highest BCUT2D eigenvalue weighted by atomic mass is 79.9. The minimum absolute atomic E-state index is 0.830. The molecule has 0 fully saturated rings. The van der Waals surface area contributed by atoms with E-state index in [0.717, 1.165) is 22.2 Å². The summed E-state index contributed by atoms with van der Waals surface area (Å²) in [6, 6.07) is 16.0. The zero-order valence-electron chi connectivity index (χ0n) is 10.1. The predicted molar refractivity (Wildman–Crippen MR) is 78.0 cm³/mol. The van der Waals surface area contributed by atoms with Gasteiger partial charge in [0.1, 0.15) is 5.75 Å². The molecule has 0 heterocycles. The Morgan fingerprint density at radius 1 is 1.00 bits per heavy atom. The van der Waals surface area contributed by atoms with Crippen LogP contribution in [0.25, 0.3) is 0 Å². The van der Waals surface area contributed by atoms with Crippen LogP contribution >= 0.6 is 15.9 Å². The highest BCUT2D eigenvalue weighted by molar-refractivity contribution is 9.08. The number of hydrogen-bond donors (Lipinski definition) is 0. The smallest absolute Gasteiger partial charge is 0.120 e. The average Bonchev–Trinajstić information content (AvgIpc) is 2.46. The van der Waals surface area contributed by atoms with Crippen LogP contribution in [0.3, 0.4) is 0 Å². The molecule has 1 nitrogen and oxygen atoms in total. The zero-order valence-corrected chi connectivity index (χ0v) is 11.7. The summed E-state index contributed by atoms with van der Waals surface area (Å²) in [6.45, 7) is 0. The number of methoxy groups -OCH3 is 1. The molecule has 0 aromatic heterocycles. The van der Waals surface area contributed by atoms with Crippen molar-refractivity contribution in [2.24, 2.45) is 0 Å². The minimum Gasteiger partial charge on any atom is -0.497 e. The van der Waals surface area contributed by atoms with Crippen molar-refractivity contribution in [1.29, 1.82) is 0 Å². The van der Waals surface area contributed by atoms with Gasteiger partial charge in [0, 0.05) is 16.5 Å². The number of benzene rings is 2. The summed E-state index contributed by atoms with van der Waals surface area (Å²) in [4.78, 5) is 0. The van der Waals surface area contributed by atoms with Crippen molar-refractivity contribution in [1.82, 2.24) is 0 Å². The second-order valence-electron chi connectivity index (χ2n) is 3.81. The molecule has 0 spiro atoms. The van der Waals surface area contributed by atoms with E-state index in [9.17, 15) is 0 Å². The molecule has 2 heteroatoms. The van der Waals surface area contributed by atoms with Crippen LogP contribution in [-0.2, 0) is 5.33 Å². The summed E-state index contributed by atoms with van der Waals surface area (Å²) in [6.07, 6.45) is 0. The third kappa shape index (κ3) is 3.38. The Morgan fingerprint density at radius 2 is 1.72 bits per heavy atom. The van der Waals surface area contributed by atoms with Crippen molar-refractivity contribution >= 4 is 15.9 Å². The fourth-order valence-corrected chi connectivity index (χ4v) is 1.90. The fraction of sp³-hybridized carbons (Fsp3) is 0.125. The van der Waals surface area contributed by atoms with Crippen molar-refractivity contribution in [3.8, 4) is 17.6 Å². The first kappa shape index (κ1) is 12.7. The monoisotopic (exact) mass is 300 g/mol. The van der Waals surface area contributed by atoms with E-state index in [0.29, 0.717) is 0 Å². The van der Waals surface area contributed by atoms with Crippen molar-refractivity contribution in [3.05, 3.63) is 65.2 Å². The van der Waals surface area contributed by atoms with Crippen LogP contribution < -0.4 is 4.74 Å². The maximum atomic E-state index is 5.16. The van der Waals surface area contributed by atoms with Crippen LogP contribution in [-0.4, -0.2) is 7.11 Å². The molecule has 90 valence electrons. The lowest BCUT2D eigenvalue weighted by atomic mass is 10.1. The molecular weight excluding hydrogens is 288 g/mol. The molecule has 0 amide bonds. The molecule has 0 saturated carbocycles. The van der Waals surface area contributed by atoms with Gasteiger partial charge in [0.25, 0.3) is 0 Å². The lowest BCUT2D eigenvalue weighted by Gasteiger charge is -1.98. The molecule has 2 aromatic carbocycles. The molecule has 0 aliphatic carbocycles. The van der Waals surface area contributed by atoms with Crippen molar-refractivity contribution in [2.75, 3.05) is 7.11 Å². The van der Waals surface area contributed by atoms with E-state index < -0.39 is 0 Å². The van der Waals surface area contributed by atoms with E-state index in [1.54, 1.807) is 7.11 Å². The Bertz CT molecular complexity index is 576. The molecule has 0 atom stereocenters. The van der Waals surface area contributed by atoms with Gasteiger partial charge in [0.15, 0.2) is 0 Å². The van der Waals surface area contributed by atoms with Gasteiger partial charge in [-0.2, -0.15) is 0 Å². The highest BCUT2D eigenvalue weighted by Gasteiger charge is 1.92. The normalized spacial score (nSPS) is 9.44. The van der Waals surface area contributed by atoms with Gasteiger partial charge in [0.2, 0.25) is 0 Å². The van der Waals surface area contributed by atoms with E-state index in [1.165, 1.54) is 5.56 Å². The second-order valence-corrected chi connectivity index (χ2v) is 4.37. The van der Waals surface area contributed by atoms with E-state index >= 15 is 0 Å². The Morgan fingerprint density at radius 3 is 2.39 bits per heavy atom. The molecule has 2 rings (SSSR count). The van der Waals surface area contributed by atoms with E-state index in [1.807, 2.05) is 36.4 Å². The quantitative estimate of drug-likeness (QED) is 0.602. The van der Waals surface area contributed by atoms with E-state index in [-0.39, 0.29) is 0 Å². The molecule has 0 aliphatic rings. The first-order valence-electron chi connectivity index (χ1n) is 5.63. The molecule has 2 aromatic rings. The van der Waals surface area contributed by atoms with E-state index in [4.69, 9.17) is 4.74 Å². The average molecular weight is 301 g/mol. The van der Waals surface area contributed by atoms with Gasteiger partial charge < -0.3 is 4.74 Å². The standard InChI is InChI=1S/C16H13BrO/c1-18-16-4-2-3-14(11-16)8-5-13-6-9-15(12-17)10-7-13/h2-4,6-7,9-11H,12H2,1H3. The van der Waals surface area contributed by atoms with Crippen LogP contribution in [0.4, 0.5) is 0 Å². The number of hydrogen-bond acceptors (Lipinski definition) is 1. The van der Waals surface area contributed by atoms with Crippen LogP contribution in [0.5, 0.6) is 5.75 Å². The van der Waals surface area contributed by atoms with Crippen LogP contribution in [0, 0.1) is 11.8 Å². The summed E-state index contributed by atoms with van der Waals surface area (Å²) in [5, 5.41) is 0.872. The maximum Gasteiger partial charge on any atom is 0.120 e. The summed E-state index contributed by atoms with van der Waals surface area (Å²) in [7, 11) is 1.66. The summed E-state index contributed by atoms with van der Waals surface area (Å²) in [5.41, 5.74) is 3.23. The summed E-state index contributed by atoms with van der Waals surface area (Å²) < 4.78 is 5.16. The molecular formula is C16H13BrO. The lowest BCUT2D eigenvalue weighted by Crippen LogP contribution is -1.83. The number of alkyl halides is 1. The van der Waals surface area contributed by atoms with Gasteiger partial charge in [-0.15, -0.1) is 0 Å². The largest absolute Gasteiger partial charge is 0.497 e. The SMILES string of the molecule is COc1cccc(C#Cc2ccc(CBr)cc2)c1. The number of rotatable bonds is 2. The van der Waals surface area contributed by atoms with Crippen molar-refractivity contribution in [2.45, 2.75) is 5.33 Å². The molecule has 0 aliphatic heterocycles. The molecule has 0 radical (unpaired) electrons. The summed E-state index contributed by atoms with van der Waals surface area (Å²) >= 11 is 3.42. The van der Waals surface area contributed by atoms with Gasteiger partial charge in [-0.1, -0.05) is 46.0 Å². The van der Waals surface area contributed by atoms with Gasteiger partial charge in [0.05, 0.1) is 7.11 Å². The Hall–Kier alpha value is -1.72. The Labute approximate surface area is 116 Å². The zero-order chi connectivity index (χ0) is 12.8. The third-order valence-corrected chi connectivity index (χ3v) is 3.18. The molecule has 0 bridgehead atoms. The highest BCUT2D eigenvalue weighted by Crippen LogP contribution is 2.12. The van der Waals surface area contributed by atoms with E-state index in [2.05, 4.69) is 39.9 Å². The van der Waals surface area contributed by atoms with Crippen LogP contribution in [0.1, 0.15) is 16.7 Å². The van der Waals surface area contributed by atoms with Gasteiger partial charge >= 0.3 is 0 Å². The second kappa shape index (κ2) is 6.28. The number of halogens is 1. The van der Waals surface area contributed by atoms with Crippen LogP contribution in [0.15, 0.2) is 48.5 Å². The minimum atomic E-state index is 0.830. The van der Waals surface area contributed by atoms with Gasteiger partial charge in [-0.25, -0.2) is 0 Å². The lowest BCUT2D eigenvalue weighted by molar-refractivity contribution is 0.414. The fourth-order valence-electron chi connectivity index (χ4n) is 1.52. The molecule has 18 heavy (non-hydrogen) atoms. The maximum absolute atomic E-state index is 5.16. The van der Waals surface area contributed by atoms with Gasteiger partial charge in [-0.3, -0.25) is 0 Å². The Balaban J connectivity index is 2.19. The topological polar surface area (TPSA) is 9.23 Å². The van der Waals surface area contributed by atoms with Crippen molar-refractivity contribution < 1.29 is 4.74 Å². The Kier molecular flexibility index (Phi) is 4.44. The molecule has 0 saturated heterocycles. The number of ether oxygens (including phenoxy) is 1. The predicted octanol–water partition coefficient (Wildman–Crippen LogP) is 3.99. The van der Waals surface area contributed by atoms with Crippen LogP contribution in [0.2, 0.25) is 0 Å². The first-order valence-corrected chi connectivity index (χ1v) is 6.75. The third-order valence-electron chi connectivity index (χ3n) is 2.53. The van der Waals surface area contributed by atoms with Crippen molar-refractivity contribution in [3.63, 3.8) is 0 Å². The molecule has 0 unspecified atom stereocenters. The van der Waals surface area contributed by atoms with Gasteiger partial charge in [-0.05, 0) is 35.9 Å².